The van der Waals surface area contributed by atoms with Crippen molar-refractivity contribution in [3.05, 3.63) is 54.1 Å². The first kappa shape index (κ1) is 19.9. The van der Waals surface area contributed by atoms with Gasteiger partial charge in [0.1, 0.15) is 11.9 Å². The van der Waals surface area contributed by atoms with Gasteiger partial charge in [0.2, 0.25) is 15.9 Å². The highest BCUT2D eigenvalue weighted by atomic mass is 32.2. The summed E-state index contributed by atoms with van der Waals surface area (Å²) >= 11 is 1.20. The lowest BCUT2D eigenvalue weighted by atomic mass is 10.2. The second kappa shape index (κ2) is 7.77. The first-order chi connectivity index (χ1) is 13.8. The van der Waals surface area contributed by atoms with E-state index < -0.39 is 16.1 Å². The Morgan fingerprint density at radius 2 is 2.21 bits per heavy atom. The van der Waals surface area contributed by atoms with Gasteiger partial charge < -0.3 is 0 Å². The van der Waals surface area contributed by atoms with Gasteiger partial charge in [-0.3, -0.25) is 14.7 Å². The van der Waals surface area contributed by atoms with Crippen LogP contribution in [0.4, 0.5) is 9.52 Å². The summed E-state index contributed by atoms with van der Waals surface area (Å²) in [6, 6.07) is 7.09. The van der Waals surface area contributed by atoms with Crippen LogP contribution in [0, 0.1) is 5.82 Å². The van der Waals surface area contributed by atoms with Gasteiger partial charge >= 0.3 is 0 Å². The van der Waals surface area contributed by atoms with Crippen LogP contribution in [0.1, 0.15) is 18.4 Å². The predicted molar refractivity (Wildman–Crippen MR) is 110 cm³/mol. The zero-order valence-corrected chi connectivity index (χ0v) is 17.3. The van der Waals surface area contributed by atoms with Crippen LogP contribution in [-0.4, -0.2) is 47.4 Å². The molecule has 4 rings (SSSR count). The summed E-state index contributed by atoms with van der Waals surface area (Å²) in [4.78, 5) is 23.5. The lowest BCUT2D eigenvalue weighted by Crippen LogP contribution is -2.47. The van der Waals surface area contributed by atoms with Crippen molar-refractivity contribution < 1.29 is 17.6 Å². The second-order valence-electron chi connectivity index (χ2n) is 6.93. The van der Waals surface area contributed by atoms with E-state index in [1.54, 1.807) is 24.5 Å². The second-order valence-corrected chi connectivity index (χ2v) is 9.87. The van der Waals surface area contributed by atoms with Crippen molar-refractivity contribution in [1.82, 2.24) is 14.3 Å². The topological polar surface area (TPSA) is 83.5 Å². The molecule has 1 atom stereocenters. The molecule has 0 saturated carbocycles. The van der Waals surface area contributed by atoms with Crippen LogP contribution in [0.2, 0.25) is 0 Å². The quantitative estimate of drug-likeness (QED) is 0.617. The van der Waals surface area contributed by atoms with Gasteiger partial charge in [-0.1, -0.05) is 17.4 Å². The number of fused-ring (bicyclic) bond motifs is 1. The summed E-state index contributed by atoms with van der Waals surface area (Å²) in [5.41, 5.74) is 1.37. The van der Waals surface area contributed by atoms with Crippen molar-refractivity contribution in [2.75, 3.05) is 17.7 Å². The number of hydrogen-bond donors (Lipinski definition) is 0. The SMILES string of the molecule is CS(=O)(=O)N1CCC[C@@H]1C(=O)N(Cc1cccnc1)c1nc2ccc(F)cc2s1. The molecule has 1 aliphatic heterocycles. The molecule has 1 fully saturated rings. The minimum atomic E-state index is -3.51. The van der Waals surface area contributed by atoms with E-state index >= 15 is 0 Å². The monoisotopic (exact) mass is 434 g/mol. The van der Waals surface area contributed by atoms with Crippen LogP contribution in [-0.2, 0) is 21.4 Å². The van der Waals surface area contributed by atoms with Gasteiger partial charge in [0.25, 0.3) is 0 Å². The molecule has 1 saturated heterocycles. The molecule has 1 amide bonds. The van der Waals surface area contributed by atoms with E-state index in [4.69, 9.17) is 0 Å². The molecular formula is C19H19FN4O3S2. The summed E-state index contributed by atoms with van der Waals surface area (Å²) in [6.45, 7) is 0.518. The van der Waals surface area contributed by atoms with Gasteiger partial charge in [-0.15, -0.1) is 0 Å². The van der Waals surface area contributed by atoms with Crippen LogP contribution in [0.15, 0.2) is 42.7 Å². The maximum absolute atomic E-state index is 13.6. The molecule has 152 valence electrons. The highest BCUT2D eigenvalue weighted by Gasteiger charge is 2.39. The van der Waals surface area contributed by atoms with Crippen LogP contribution >= 0.6 is 11.3 Å². The largest absolute Gasteiger partial charge is 0.282 e. The fourth-order valence-electron chi connectivity index (χ4n) is 3.48. The number of amides is 1. The molecule has 0 unspecified atom stereocenters. The molecule has 3 heterocycles. The zero-order valence-electron chi connectivity index (χ0n) is 15.7. The lowest BCUT2D eigenvalue weighted by molar-refractivity contribution is -0.121. The van der Waals surface area contributed by atoms with Crippen LogP contribution in [0.3, 0.4) is 0 Å². The molecule has 29 heavy (non-hydrogen) atoms. The van der Waals surface area contributed by atoms with E-state index in [1.807, 2.05) is 6.07 Å². The fourth-order valence-corrected chi connectivity index (χ4v) is 5.59. The maximum Gasteiger partial charge on any atom is 0.247 e. The number of thiazole rings is 1. The molecule has 7 nitrogen and oxygen atoms in total. The normalized spacial score (nSPS) is 17.7. The molecule has 2 aromatic heterocycles. The Morgan fingerprint density at radius 3 is 2.93 bits per heavy atom. The average molecular weight is 435 g/mol. The Hall–Kier alpha value is -2.43. The van der Waals surface area contributed by atoms with Gasteiger partial charge in [0, 0.05) is 18.9 Å². The molecular weight excluding hydrogens is 415 g/mol. The lowest BCUT2D eigenvalue weighted by Gasteiger charge is -2.27. The molecule has 0 bridgehead atoms. The number of aromatic nitrogens is 2. The molecule has 0 aliphatic carbocycles. The Labute approximate surface area is 171 Å². The minimum absolute atomic E-state index is 0.197. The van der Waals surface area contributed by atoms with Gasteiger partial charge in [0.15, 0.2) is 5.13 Å². The molecule has 1 aromatic carbocycles. The van der Waals surface area contributed by atoms with E-state index in [0.29, 0.717) is 34.7 Å². The Morgan fingerprint density at radius 1 is 1.38 bits per heavy atom. The Bertz CT molecular complexity index is 1150. The summed E-state index contributed by atoms with van der Waals surface area (Å²) in [7, 11) is -3.51. The van der Waals surface area contributed by atoms with Crippen molar-refractivity contribution >= 4 is 42.6 Å². The van der Waals surface area contributed by atoms with Gasteiger partial charge in [-0.2, -0.15) is 4.31 Å². The van der Waals surface area contributed by atoms with E-state index in [2.05, 4.69) is 9.97 Å². The van der Waals surface area contributed by atoms with Gasteiger partial charge in [0.05, 0.1) is 23.0 Å². The number of halogens is 1. The molecule has 0 spiro atoms. The van der Waals surface area contributed by atoms with Crippen LogP contribution < -0.4 is 4.90 Å². The highest BCUT2D eigenvalue weighted by Crippen LogP contribution is 2.32. The third-order valence-corrected chi connectivity index (χ3v) is 7.14. The van der Waals surface area contributed by atoms with Crippen molar-refractivity contribution in [3.8, 4) is 0 Å². The number of nitrogens with zero attached hydrogens (tertiary/aromatic N) is 4. The van der Waals surface area contributed by atoms with Crippen molar-refractivity contribution in [3.63, 3.8) is 0 Å². The van der Waals surface area contributed by atoms with Crippen molar-refractivity contribution in [1.29, 1.82) is 0 Å². The maximum atomic E-state index is 13.6. The van der Waals surface area contributed by atoms with E-state index in [9.17, 15) is 17.6 Å². The summed E-state index contributed by atoms with van der Waals surface area (Å²) in [5.74, 6) is -0.715. The van der Waals surface area contributed by atoms with E-state index in [1.165, 1.54) is 32.7 Å². The Balaban J connectivity index is 1.74. The predicted octanol–water partition coefficient (Wildman–Crippen LogP) is 2.79. The number of benzene rings is 1. The number of hydrogen-bond acceptors (Lipinski definition) is 6. The molecule has 10 heteroatoms. The summed E-state index contributed by atoms with van der Waals surface area (Å²) in [5, 5.41) is 0.403. The van der Waals surface area contributed by atoms with E-state index in [-0.39, 0.29) is 18.3 Å². The van der Waals surface area contributed by atoms with E-state index in [0.717, 1.165) is 11.8 Å². The molecule has 0 N–H and O–H groups in total. The van der Waals surface area contributed by atoms with Crippen LogP contribution in [0.5, 0.6) is 0 Å². The summed E-state index contributed by atoms with van der Waals surface area (Å²) in [6.07, 6.45) is 5.48. The first-order valence-corrected chi connectivity index (χ1v) is 11.7. The third kappa shape index (κ3) is 4.14. The summed E-state index contributed by atoms with van der Waals surface area (Å²) < 4.78 is 39.7. The molecule has 1 aliphatic rings. The average Bonchev–Trinajstić information content (AvgIpc) is 3.33. The molecule has 3 aromatic rings. The smallest absolute Gasteiger partial charge is 0.247 e. The zero-order chi connectivity index (χ0) is 20.6. The number of rotatable bonds is 5. The number of anilines is 1. The number of carbonyl (C=O) groups is 1. The standard InChI is InChI=1S/C19H19FN4O3S2/c1-29(26,27)24-9-3-5-16(24)18(25)23(12-13-4-2-8-21-11-13)19-22-15-7-6-14(20)10-17(15)28-19/h2,4,6-8,10-11,16H,3,5,9,12H2,1H3/t16-/m1/s1. The Kier molecular flexibility index (Phi) is 5.32. The number of sulfonamides is 1. The third-order valence-electron chi connectivity index (χ3n) is 4.81. The van der Waals surface area contributed by atoms with Crippen LogP contribution in [0.25, 0.3) is 10.2 Å². The highest BCUT2D eigenvalue weighted by molar-refractivity contribution is 7.88. The van der Waals surface area contributed by atoms with Crippen molar-refractivity contribution in [2.24, 2.45) is 0 Å². The number of pyridine rings is 1. The first-order valence-electron chi connectivity index (χ1n) is 9.06. The molecule has 0 radical (unpaired) electrons. The van der Waals surface area contributed by atoms with Gasteiger partial charge in [-0.25, -0.2) is 17.8 Å². The van der Waals surface area contributed by atoms with Gasteiger partial charge in [-0.05, 0) is 42.7 Å². The fraction of sp³-hybridized carbons (Fsp3) is 0.316. The number of carbonyl (C=O) groups excluding carboxylic acids is 1. The van der Waals surface area contributed by atoms with Crippen molar-refractivity contribution in [2.45, 2.75) is 25.4 Å². The minimum Gasteiger partial charge on any atom is -0.282 e.